The van der Waals surface area contributed by atoms with E-state index in [0.717, 1.165) is 29.5 Å². The van der Waals surface area contributed by atoms with Gasteiger partial charge in [-0.1, -0.05) is 42.5 Å². The molecular formula is C23H29N3O3S. The Bertz CT molecular complexity index is 1010. The number of urea groups is 1. The molecule has 7 heteroatoms. The number of carbonyl (C=O) groups is 1. The zero-order valence-electron chi connectivity index (χ0n) is 17.5. The zero-order chi connectivity index (χ0) is 21.3. The fourth-order valence-electron chi connectivity index (χ4n) is 4.04. The Labute approximate surface area is 178 Å². The number of sulfonamides is 1. The number of nitrogens with zero attached hydrogens (tertiary/aromatic N) is 2. The van der Waals surface area contributed by atoms with Gasteiger partial charge in [0.15, 0.2) is 0 Å². The van der Waals surface area contributed by atoms with Crippen LogP contribution in [0.15, 0.2) is 53.4 Å². The molecule has 0 unspecified atom stereocenters. The molecule has 1 aliphatic heterocycles. The van der Waals surface area contributed by atoms with Crippen molar-refractivity contribution in [2.45, 2.75) is 37.6 Å². The van der Waals surface area contributed by atoms with Crippen molar-refractivity contribution in [2.75, 3.05) is 26.2 Å². The maximum Gasteiger partial charge on any atom is 0.317 e. The van der Waals surface area contributed by atoms with Gasteiger partial charge in [0, 0.05) is 26.2 Å². The fraction of sp³-hybridized carbons (Fsp3) is 0.435. The summed E-state index contributed by atoms with van der Waals surface area (Å²) < 4.78 is 27.7. The fourth-order valence-corrected chi connectivity index (χ4v) is 5.78. The van der Waals surface area contributed by atoms with Crippen molar-refractivity contribution in [3.63, 3.8) is 0 Å². The molecule has 1 atom stereocenters. The molecule has 1 heterocycles. The van der Waals surface area contributed by atoms with E-state index in [4.69, 9.17) is 0 Å². The number of aryl methyl sites for hydroxylation is 2. The Morgan fingerprint density at radius 2 is 1.67 bits per heavy atom. The summed E-state index contributed by atoms with van der Waals surface area (Å²) in [6.07, 6.45) is 2.25. The zero-order valence-corrected chi connectivity index (χ0v) is 18.4. The Morgan fingerprint density at radius 3 is 2.30 bits per heavy atom. The van der Waals surface area contributed by atoms with Crippen LogP contribution >= 0.6 is 0 Å². The minimum absolute atomic E-state index is 0.0235. The van der Waals surface area contributed by atoms with E-state index in [9.17, 15) is 13.2 Å². The first-order valence-electron chi connectivity index (χ1n) is 10.5. The molecular weight excluding hydrogens is 398 g/mol. The summed E-state index contributed by atoms with van der Waals surface area (Å²) in [4.78, 5) is 15.0. The average Bonchev–Trinajstić information content (AvgIpc) is 3.59. The first-order chi connectivity index (χ1) is 14.4. The lowest BCUT2D eigenvalue weighted by Gasteiger charge is -2.35. The lowest BCUT2D eigenvalue weighted by atomic mass is 10.0. The lowest BCUT2D eigenvalue weighted by Crippen LogP contribution is -2.53. The second-order valence-corrected chi connectivity index (χ2v) is 10.2. The lowest BCUT2D eigenvalue weighted by molar-refractivity contribution is 0.167. The van der Waals surface area contributed by atoms with Crippen molar-refractivity contribution in [2.24, 2.45) is 5.92 Å². The van der Waals surface area contributed by atoms with E-state index in [0.29, 0.717) is 37.0 Å². The Kier molecular flexibility index (Phi) is 5.84. The minimum atomic E-state index is -3.56. The van der Waals surface area contributed by atoms with Crippen molar-refractivity contribution < 1.29 is 13.2 Å². The normalized spacial score (nSPS) is 18.8. The molecule has 0 bridgehead atoms. The quantitative estimate of drug-likeness (QED) is 0.794. The first kappa shape index (κ1) is 20.9. The molecule has 6 nitrogen and oxygen atoms in total. The Morgan fingerprint density at radius 1 is 1.00 bits per heavy atom. The van der Waals surface area contributed by atoms with Crippen LogP contribution in [-0.4, -0.2) is 49.8 Å². The molecule has 0 spiro atoms. The highest BCUT2D eigenvalue weighted by atomic mass is 32.2. The molecule has 0 aromatic heterocycles. The number of piperazine rings is 1. The van der Waals surface area contributed by atoms with Gasteiger partial charge in [-0.15, -0.1) is 0 Å². The molecule has 1 saturated heterocycles. The topological polar surface area (TPSA) is 69.7 Å². The van der Waals surface area contributed by atoms with Crippen LogP contribution in [0.4, 0.5) is 4.79 Å². The summed E-state index contributed by atoms with van der Waals surface area (Å²) >= 11 is 0. The third kappa shape index (κ3) is 4.37. The number of amides is 2. The van der Waals surface area contributed by atoms with Gasteiger partial charge in [0.05, 0.1) is 10.9 Å². The smallest absolute Gasteiger partial charge is 0.317 e. The van der Waals surface area contributed by atoms with Crippen LogP contribution < -0.4 is 5.32 Å². The van der Waals surface area contributed by atoms with Crippen molar-refractivity contribution in [1.82, 2.24) is 14.5 Å². The monoisotopic (exact) mass is 427 g/mol. The number of rotatable bonds is 5. The average molecular weight is 428 g/mol. The van der Waals surface area contributed by atoms with Crippen LogP contribution in [0, 0.1) is 19.8 Å². The van der Waals surface area contributed by atoms with Crippen LogP contribution in [-0.2, 0) is 10.0 Å². The van der Waals surface area contributed by atoms with Gasteiger partial charge in [0.2, 0.25) is 10.0 Å². The van der Waals surface area contributed by atoms with Gasteiger partial charge in [0.1, 0.15) is 0 Å². The standard InChI is InChI=1S/C23H29N3O3S/c1-17-8-9-18(2)21(16-17)30(28,29)26-14-12-25(13-15-26)23(27)24-22(20-10-11-20)19-6-4-3-5-7-19/h3-9,16,20,22H,10-15H2,1-2H3,(H,24,27)/t22-/m0/s1. The van der Waals surface area contributed by atoms with Gasteiger partial charge < -0.3 is 10.2 Å². The molecule has 1 saturated carbocycles. The predicted octanol–water partition coefficient (Wildman–Crippen LogP) is 3.47. The third-order valence-corrected chi connectivity index (χ3v) is 8.06. The summed E-state index contributed by atoms with van der Waals surface area (Å²) in [5.41, 5.74) is 2.80. The number of nitrogens with one attached hydrogen (secondary N) is 1. The highest BCUT2D eigenvalue weighted by Gasteiger charge is 2.36. The van der Waals surface area contributed by atoms with Gasteiger partial charge in [-0.3, -0.25) is 0 Å². The highest BCUT2D eigenvalue weighted by molar-refractivity contribution is 7.89. The molecule has 2 fully saturated rings. The van der Waals surface area contributed by atoms with E-state index in [1.807, 2.05) is 44.2 Å². The molecule has 1 N–H and O–H groups in total. The maximum atomic E-state index is 13.1. The highest BCUT2D eigenvalue weighted by Crippen LogP contribution is 2.41. The summed E-state index contributed by atoms with van der Waals surface area (Å²) in [7, 11) is -3.56. The molecule has 2 amide bonds. The number of carbonyl (C=O) groups excluding carboxylic acids is 1. The minimum Gasteiger partial charge on any atom is -0.331 e. The van der Waals surface area contributed by atoms with Crippen molar-refractivity contribution in [3.8, 4) is 0 Å². The molecule has 30 heavy (non-hydrogen) atoms. The molecule has 2 aliphatic rings. The molecule has 160 valence electrons. The van der Waals surface area contributed by atoms with Crippen molar-refractivity contribution >= 4 is 16.1 Å². The van der Waals surface area contributed by atoms with Crippen molar-refractivity contribution in [1.29, 1.82) is 0 Å². The number of benzene rings is 2. The summed E-state index contributed by atoms with van der Waals surface area (Å²) in [5.74, 6) is 0.488. The van der Waals surface area contributed by atoms with E-state index in [2.05, 4.69) is 17.4 Å². The SMILES string of the molecule is Cc1ccc(C)c(S(=O)(=O)N2CCN(C(=O)N[C@@H](c3ccccc3)C3CC3)CC2)c1. The van der Waals surface area contributed by atoms with Crippen molar-refractivity contribution in [3.05, 3.63) is 65.2 Å². The summed E-state index contributed by atoms with van der Waals surface area (Å²) in [5, 5.41) is 3.19. The van der Waals surface area contributed by atoms with Crippen LogP contribution in [0.2, 0.25) is 0 Å². The van der Waals surface area contributed by atoms with Gasteiger partial charge in [-0.25, -0.2) is 13.2 Å². The van der Waals surface area contributed by atoms with Crippen LogP contribution in [0.25, 0.3) is 0 Å². The maximum absolute atomic E-state index is 13.1. The van der Waals surface area contributed by atoms with E-state index in [-0.39, 0.29) is 12.1 Å². The Balaban J connectivity index is 1.40. The molecule has 2 aromatic carbocycles. The second-order valence-electron chi connectivity index (χ2n) is 8.34. The number of hydrogen-bond donors (Lipinski definition) is 1. The van der Waals surface area contributed by atoms with Crippen LogP contribution in [0.3, 0.4) is 0 Å². The second kappa shape index (κ2) is 8.40. The molecule has 4 rings (SSSR count). The predicted molar refractivity (Wildman–Crippen MR) is 117 cm³/mol. The van der Waals surface area contributed by atoms with Gasteiger partial charge in [-0.05, 0) is 55.4 Å². The third-order valence-electron chi connectivity index (χ3n) is 6.02. The van der Waals surface area contributed by atoms with E-state index in [1.54, 1.807) is 11.0 Å². The largest absolute Gasteiger partial charge is 0.331 e. The van der Waals surface area contributed by atoms with Gasteiger partial charge >= 0.3 is 6.03 Å². The van der Waals surface area contributed by atoms with E-state index in [1.165, 1.54) is 4.31 Å². The first-order valence-corrected chi connectivity index (χ1v) is 12.0. The molecule has 2 aromatic rings. The summed E-state index contributed by atoms with van der Waals surface area (Å²) in [6, 6.07) is 15.5. The molecule has 1 aliphatic carbocycles. The molecule has 0 radical (unpaired) electrons. The van der Waals surface area contributed by atoms with E-state index >= 15 is 0 Å². The Hall–Kier alpha value is -2.38. The van der Waals surface area contributed by atoms with Crippen LogP contribution in [0.5, 0.6) is 0 Å². The van der Waals surface area contributed by atoms with Crippen LogP contribution in [0.1, 0.15) is 35.6 Å². The summed E-state index contributed by atoms with van der Waals surface area (Å²) in [6.45, 7) is 5.11. The number of hydrogen-bond acceptors (Lipinski definition) is 3. The van der Waals surface area contributed by atoms with Gasteiger partial charge in [0.25, 0.3) is 0 Å². The van der Waals surface area contributed by atoms with E-state index < -0.39 is 10.0 Å². The van der Waals surface area contributed by atoms with Gasteiger partial charge in [-0.2, -0.15) is 4.31 Å².